The summed E-state index contributed by atoms with van der Waals surface area (Å²) in [6.45, 7) is 2.89. The first-order valence-electron chi connectivity index (χ1n) is 10.4. The first-order valence-corrected chi connectivity index (χ1v) is 10.8. The second kappa shape index (κ2) is 8.53. The van der Waals surface area contributed by atoms with Gasteiger partial charge >= 0.3 is 0 Å². The fourth-order valence-corrected chi connectivity index (χ4v) is 4.48. The highest BCUT2D eigenvalue weighted by atomic mass is 35.5. The summed E-state index contributed by atoms with van der Waals surface area (Å²) in [7, 11) is 0. The van der Waals surface area contributed by atoms with Gasteiger partial charge in [0.15, 0.2) is 0 Å². The normalized spacial score (nSPS) is 13.8. The van der Waals surface area contributed by atoms with Crippen molar-refractivity contribution in [3.63, 3.8) is 0 Å². The van der Waals surface area contributed by atoms with Crippen LogP contribution in [0.25, 0.3) is 5.69 Å². The molecule has 0 radical (unpaired) electrons. The number of fused-ring (bicyclic) bond motifs is 1. The van der Waals surface area contributed by atoms with Gasteiger partial charge in [0.05, 0.1) is 17.9 Å². The van der Waals surface area contributed by atoms with Gasteiger partial charge < -0.3 is 0 Å². The Bertz CT molecular complexity index is 1250. The number of hydrogen-bond donors (Lipinski definition) is 0. The van der Waals surface area contributed by atoms with E-state index >= 15 is 0 Å². The molecule has 0 fully saturated rings. The number of aromatic nitrogens is 3. The molecule has 0 aliphatic carbocycles. The SMILES string of the molecule is O=c1c2c(n(Cc3cccnc3)n1-c1ccccc1)CN(Cc1ccccc1Cl)CC2. The van der Waals surface area contributed by atoms with Gasteiger partial charge in [-0.3, -0.25) is 19.4 Å². The maximum atomic E-state index is 13.4. The minimum Gasteiger partial charge on any atom is -0.293 e. The van der Waals surface area contributed by atoms with E-state index in [2.05, 4.69) is 20.6 Å². The Morgan fingerprint density at radius 1 is 0.935 bits per heavy atom. The van der Waals surface area contributed by atoms with Gasteiger partial charge in [0.25, 0.3) is 5.56 Å². The fraction of sp³-hybridized carbons (Fsp3) is 0.200. The smallest absolute Gasteiger partial charge is 0.274 e. The third-order valence-corrected chi connectivity index (χ3v) is 6.18. The van der Waals surface area contributed by atoms with E-state index in [9.17, 15) is 4.79 Å². The van der Waals surface area contributed by atoms with E-state index < -0.39 is 0 Å². The maximum absolute atomic E-state index is 13.4. The van der Waals surface area contributed by atoms with Crippen LogP contribution in [-0.2, 0) is 26.1 Å². The highest BCUT2D eigenvalue weighted by Crippen LogP contribution is 2.24. The van der Waals surface area contributed by atoms with Crippen LogP contribution in [0.5, 0.6) is 0 Å². The van der Waals surface area contributed by atoms with Crippen LogP contribution < -0.4 is 5.56 Å². The molecule has 0 N–H and O–H groups in total. The summed E-state index contributed by atoms with van der Waals surface area (Å²) in [5, 5.41) is 0.780. The van der Waals surface area contributed by atoms with Crippen LogP contribution in [0.3, 0.4) is 0 Å². The van der Waals surface area contributed by atoms with Crippen LogP contribution in [0.15, 0.2) is 83.9 Å². The molecule has 3 heterocycles. The topological polar surface area (TPSA) is 43.1 Å². The molecular weight excluding hydrogens is 408 g/mol. The van der Waals surface area contributed by atoms with E-state index in [4.69, 9.17) is 11.6 Å². The summed E-state index contributed by atoms with van der Waals surface area (Å²) >= 11 is 6.40. The van der Waals surface area contributed by atoms with Gasteiger partial charge in [0.1, 0.15) is 0 Å². The van der Waals surface area contributed by atoms with E-state index in [-0.39, 0.29) is 5.56 Å². The molecule has 5 nitrogen and oxygen atoms in total. The van der Waals surface area contributed by atoms with Crippen LogP contribution >= 0.6 is 11.6 Å². The summed E-state index contributed by atoms with van der Waals surface area (Å²) in [5.74, 6) is 0. The molecule has 0 spiro atoms. The minimum atomic E-state index is 0.0717. The van der Waals surface area contributed by atoms with E-state index in [0.717, 1.165) is 52.6 Å². The van der Waals surface area contributed by atoms with Crippen molar-refractivity contribution in [2.75, 3.05) is 6.54 Å². The standard InChI is InChI=1S/C25H23ClN4O/c26-23-11-5-4-8-20(23)17-28-14-12-22-24(18-28)29(16-19-7-6-13-27-15-19)30(25(22)31)21-9-2-1-3-10-21/h1-11,13,15H,12,14,16-18H2. The number of benzene rings is 2. The van der Waals surface area contributed by atoms with Crippen molar-refractivity contribution in [1.82, 2.24) is 19.2 Å². The van der Waals surface area contributed by atoms with Crippen molar-refractivity contribution in [3.8, 4) is 5.69 Å². The van der Waals surface area contributed by atoms with Crippen LogP contribution in [0.1, 0.15) is 22.4 Å². The Hall–Kier alpha value is -3.15. The Kier molecular flexibility index (Phi) is 5.45. The molecule has 0 atom stereocenters. The summed E-state index contributed by atoms with van der Waals surface area (Å²) < 4.78 is 3.93. The lowest BCUT2D eigenvalue weighted by Gasteiger charge is -2.28. The molecule has 1 aliphatic heterocycles. The van der Waals surface area contributed by atoms with Crippen molar-refractivity contribution < 1.29 is 0 Å². The summed E-state index contributed by atoms with van der Waals surface area (Å²) in [5.41, 5.74) is 5.09. The molecule has 0 saturated heterocycles. The van der Waals surface area contributed by atoms with E-state index in [1.54, 1.807) is 6.20 Å². The molecule has 31 heavy (non-hydrogen) atoms. The molecule has 0 saturated carbocycles. The van der Waals surface area contributed by atoms with Gasteiger partial charge in [0, 0.05) is 42.6 Å². The second-order valence-corrected chi connectivity index (χ2v) is 8.26. The van der Waals surface area contributed by atoms with Gasteiger partial charge in [-0.05, 0) is 41.8 Å². The zero-order valence-electron chi connectivity index (χ0n) is 17.1. The third-order valence-electron chi connectivity index (χ3n) is 5.81. The molecule has 0 bridgehead atoms. The van der Waals surface area contributed by atoms with Crippen LogP contribution in [-0.4, -0.2) is 25.8 Å². The van der Waals surface area contributed by atoms with Gasteiger partial charge in [-0.1, -0.05) is 54.1 Å². The van der Waals surface area contributed by atoms with E-state index in [0.29, 0.717) is 13.1 Å². The number of para-hydroxylation sites is 1. The lowest BCUT2D eigenvalue weighted by molar-refractivity contribution is 0.236. The van der Waals surface area contributed by atoms with Crippen LogP contribution in [0, 0.1) is 0 Å². The van der Waals surface area contributed by atoms with Gasteiger partial charge in [-0.2, -0.15) is 0 Å². The first-order chi connectivity index (χ1) is 15.2. The molecule has 2 aromatic heterocycles. The zero-order chi connectivity index (χ0) is 21.2. The Labute approximate surface area is 186 Å². The Morgan fingerprint density at radius 3 is 2.52 bits per heavy atom. The van der Waals surface area contributed by atoms with Crippen molar-refractivity contribution in [3.05, 3.63) is 117 Å². The molecule has 1 aliphatic rings. The summed E-state index contributed by atoms with van der Waals surface area (Å²) in [6, 6.07) is 21.8. The second-order valence-electron chi connectivity index (χ2n) is 7.85. The van der Waals surface area contributed by atoms with Gasteiger partial charge in [0.2, 0.25) is 0 Å². The molecule has 156 valence electrons. The average molecular weight is 431 g/mol. The lowest BCUT2D eigenvalue weighted by atomic mass is 10.1. The Balaban J connectivity index is 1.56. The zero-order valence-corrected chi connectivity index (χ0v) is 17.9. The molecular formula is C25H23ClN4O. The summed E-state index contributed by atoms with van der Waals surface area (Å²) in [4.78, 5) is 20.0. The lowest BCUT2D eigenvalue weighted by Crippen LogP contribution is -2.32. The van der Waals surface area contributed by atoms with Gasteiger partial charge in [-0.25, -0.2) is 4.68 Å². The highest BCUT2D eigenvalue weighted by Gasteiger charge is 2.27. The predicted octanol–water partition coefficient (Wildman–Crippen LogP) is 4.29. The minimum absolute atomic E-state index is 0.0717. The largest absolute Gasteiger partial charge is 0.293 e. The number of rotatable bonds is 5. The van der Waals surface area contributed by atoms with E-state index in [1.807, 2.05) is 71.5 Å². The molecule has 6 heteroatoms. The molecule has 4 aromatic rings. The molecule has 2 aromatic carbocycles. The average Bonchev–Trinajstić information content (AvgIpc) is 3.07. The molecule has 5 rings (SSSR count). The van der Waals surface area contributed by atoms with E-state index in [1.165, 1.54) is 0 Å². The molecule has 0 amide bonds. The number of nitrogens with zero attached hydrogens (tertiary/aromatic N) is 4. The maximum Gasteiger partial charge on any atom is 0.274 e. The highest BCUT2D eigenvalue weighted by molar-refractivity contribution is 6.31. The third kappa shape index (κ3) is 3.94. The quantitative estimate of drug-likeness (QED) is 0.474. The monoisotopic (exact) mass is 430 g/mol. The van der Waals surface area contributed by atoms with Crippen molar-refractivity contribution in [1.29, 1.82) is 0 Å². The van der Waals surface area contributed by atoms with Crippen molar-refractivity contribution in [2.45, 2.75) is 26.1 Å². The fourth-order valence-electron chi connectivity index (χ4n) is 4.29. The van der Waals surface area contributed by atoms with Crippen molar-refractivity contribution in [2.24, 2.45) is 0 Å². The Morgan fingerprint density at radius 2 is 1.74 bits per heavy atom. The van der Waals surface area contributed by atoms with Crippen molar-refractivity contribution >= 4 is 11.6 Å². The molecule has 0 unspecified atom stereocenters. The predicted molar refractivity (Wildman–Crippen MR) is 123 cm³/mol. The number of halogens is 1. The number of pyridine rings is 1. The van der Waals surface area contributed by atoms with Crippen LogP contribution in [0.2, 0.25) is 5.02 Å². The number of hydrogen-bond acceptors (Lipinski definition) is 3. The summed E-state index contributed by atoms with van der Waals surface area (Å²) in [6.07, 6.45) is 4.35. The van der Waals surface area contributed by atoms with Gasteiger partial charge in [-0.15, -0.1) is 0 Å². The van der Waals surface area contributed by atoms with Crippen LogP contribution in [0.4, 0.5) is 0 Å². The first kappa shape index (κ1) is 19.8.